The van der Waals surface area contributed by atoms with E-state index in [0.717, 1.165) is 17.7 Å². The summed E-state index contributed by atoms with van der Waals surface area (Å²) in [4.78, 5) is 10.1. The van der Waals surface area contributed by atoms with Crippen molar-refractivity contribution in [2.45, 2.75) is 26.3 Å². The van der Waals surface area contributed by atoms with Gasteiger partial charge in [0.1, 0.15) is 0 Å². The SMILES string of the molecule is CC[C@H](CO)Nc1ccc([N+](=O)[O-])cc1C. The summed E-state index contributed by atoms with van der Waals surface area (Å²) in [5, 5.41) is 22.7. The normalized spacial score (nSPS) is 12.2. The van der Waals surface area contributed by atoms with Gasteiger partial charge in [0.05, 0.1) is 11.5 Å². The number of nitrogens with one attached hydrogen (secondary N) is 1. The van der Waals surface area contributed by atoms with Crippen LogP contribution in [-0.4, -0.2) is 22.7 Å². The van der Waals surface area contributed by atoms with Crippen LogP contribution in [-0.2, 0) is 0 Å². The van der Waals surface area contributed by atoms with Gasteiger partial charge in [0, 0.05) is 23.9 Å². The van der Waals surface area contributed by atoms with Crippen LogP contribution < -0.4 is 5.32 Å². The van der Waals surface area contributed by atoms with Crippen molar-refractivity contribution >= 4 is 11.4 Å². The minimum atomic E-state index is -0.417. The molecule has 0 saturated heterocycles. The third kappa shape index (κ3) is 2.93. The van der Waals surface area contributed by atoms with Gasteiger partial charge in [0.15, 0.2) is 0 Å². The van der Waals surface area contributed by atoms with Gasteiger partial charge in [-0.3, -0.25) is 10.1 Å². The van der Waals surface area contributed by atoms with E-state index in [2.05, 4.69) is 5.32 Å². The molecule has 0 radical (unpaired) electrons. The monoisotopic (exact) mass is 224 g/mol. The molecule has 0 fully saturated rings. The lowest BCUT2D eigenvalue weighted by Gasteiger charge is -2.17. The number of anilines is 1. The predicted molar refractivity (Wildman–Crippen MR) is 62.6 cm³/mol. The van der Waals surface area contributed by atoms with Crippen LogP contribution in [0.1, 0.15) is 18.9 Å². The first-order valence-electron chi connectivity index (χ1n) is 5.21. The van der Waals surface area contributed by atoms with Gasteiger partial charge in [-0.1, -0.05) is 6.92 Å². The first kappa shape index (κ1) is 12.4. The lowest BCUT2D eigenvalue weighted by Crippen LogP contribution is -2.22. The van der Waals surface area contributed by atoms with Gasteiger partial charge >= 0.3 is 0 Å². The lowest BCUT2D eigenvalue weighted by atomic mass is 10.1. The summed E-state index contributed by atoms with van der Waals surface area (Å²) in [6.07, 6.45) is 0.799. The van der Waals surface area contributed by atoms with Crippen molar-refractivity contribution in [3.63, 3.8) is 0 Å². The molecule has 0 heterocycles. The van der Waals surface area contributed by atoms with Gasteiger partial charge in [-0.25, -0.2) is 0 Å². The Balaban J connectivity index is 2.86. The summed E-state index contributed by atoms with van der Waals surface area (Å²) >= 11 is 0. The molecule has 0 aliphatic heterocycles. The van der Waals surface area contributed by atoms with E-state index < -0.39 is 4.92 Å². The number of non-ortho nitro benzene ring substituents is 1. The van der Waals surface area contributed by atoms with Crippen LogP contribution in [0.5, 0.6) is 0 Å². The molecule has 1 aromatic rings. The van der Waals surface area contributed by atoms with E-state index >= 15 is 0 Å². The van der Waals surface area contributed by atoms with Crippen LogP contribution in [0, 0.1) is 17.0 Å². The summed E-state index contributed by atoms with van der Waals surface area (Å²) in [5.74, 6) is 0. The van der Waals surface area contributed by atoms with Crippen LogP contribution in [0.3, 0.4) is 0 Å². The fraction of sp³-hybridized carbons (Fsp3) is 0.455. The molecule has 5 heteroatoms. The predicted octanol–water partition coefficient (Wildman–Crippen LogP) is 2.09. The molecule has 0 amide bonds. The van der Waals surface area contributed by atoms with E-state index in [1.165, 1.54) is 12.1 Å². The van der Waals surface area contributed by atoms with E-state index in [1.54, 1.807) is 13.0 Å². The molecule has 16 heavy (non-hydrogen) atoms. The number of rotatable bonds is 5. The van der Waals surface area contributed by atoms with E-state index in [1.807, 2.05) is 6.92 Å². The Bertz CT molecular complexity index is 375. The molecule has 88 valence electrons. The number of aliphatic hydroxyl groups excluding tert-OH is 1. The van der Waals surface area contributed by atoms with Gasteiger partial charge in [0.2, 0.25) is 0 Å². The molecule has 0 aliphatic carbocycles. The Morgan fingerprint density at radius 1 is 1.56 bits per heavy atom. The molecule has 0 bridgehead atoms. The first-order chi connectivity index (χ1) is 7.58. The number of nitro groups is 1. The Labute approximate surface area is 94.3 Å². The molecule has 5 nitrogen and oxygen atoms in total. The third-order valence-electron chi connectivity index (χ3n) is 2.49. The third-order valence-corrected chi connectivity index (χ3v) is 2.49. The average molecular weight is 224 g/mol. The van der Waals surface area contributed by atoms with Crippen LogP contribution >= 0.6 is 0 Å². The van der Waals surface area contributed by atoms with E-state index in [4.69, 9.17) is 5.11 Å². The fourth-order valence-electron chi connectivity index (χ4n) is 1.42. The van der Waals surface area contributed by atoms with Gasteiger partial charge in [-0.2, -0.15) is 0 Å². The fourth-order valence-corrected chi connectivity index (χ4v) is 1.42. The first-order valence-corrected chi connectivity index (χ1v) is 5.21. The Hall–Kier alpha value is -1.62. The zero-order chi connectivity index (χ0) is 12.1. The highest BCUT2D eigenvalue weighted by atomic mass is 16.6. The van der Waals surface area contributed by atoms with Crippen LogP contribution in [0.15, 0.2) is 18.2 Å². The van der Waals surface area contributed by atoms with Crippen molar-refractivity contribution in [2.75, 3.05) is 11.9 Å². The molecule has 0 aromatic heterocycles. The summed E-state index contributed by atoms with van der Waals surface area (Å²) < 4.78 is 0. The Kier molecular flexibility index (Phi) is 4.25. The van der Waals surface area contributed by atoms with E-state index in [-0.39, 0.29) is 18.3 Å². The van der Waals surface area contributed by atoms with Crippen LogP contribution in [0.25, 0.3) is 0 Å². The van der Waals surface area contributed by atoms with Gasteiger partial charge in [-0.05, 0) is 25.0 Å². The minimum absolute atomic E-state index is 0.0137. The molecule has 1 aromatic carbocycles. The van der Waals surface area contributed by atoms with Crippen molar-refractivity contribution in [3.05, 3.63) is 33.9 Å². The zero-order valence-electron chi connectivity index (χ0n) is 9.43. The summed E-state index contributed by atoms with van der Waals surface area (Å²) in [7, 11) is 0. The molecule has 1 rings (SSSR count). The molecular weight excluding hydrogens is 208 g/mol. The highest BCUT2D eigenvalue weighted by Gasteiger charge is 2.10. The average Bonchev–Trinajstić information content (AvgIpc) is 2.27. The Morgan fingerprint density at radius 3 is 2.69 bits per heavy atom. The molecule has 0 spiro atoms. The molecule has 1 atom stereocenters. The van der Waals surface area contributed by atoms with Crippen molar-refractivity contribution in [2.24, 2.45) is 0 Å². The molecule has 0 unspecified atom stereocenters. The number of aryl methyl sites for hydroxylation is 1. The van der Waals surface area contributed by atoms with Gasteiger partial charge < -0.3 is 10.4 Å². The summed E-state index contributed by atoms with van der Waals surface area (Å²) in [5.41, 5.74) is 1.72. The standard InChI is InChI=1S/C11H16N2O3/c1-3-9(7-14)12-11-5-4-10(13(15)16)6-8(11)2/h4-6,9,12,14H,3,7H2,1-2H3/t9-/m1/s1. The molecule has 2 N–H and O–H groups in total. The highest BCUT2D eigenvalue weighted by molar-refractivity contribution is 5.55. The van der Waals surface area contributed by atoms with Crippen molar-refractivity contribution < 1.29 is 10.0 Å². The summed E-state index contributed by atoms with van der Waals surface area (Å²) in [6.45, 7) is 3.82. The second-order valence-corrected chi connectivity index (χ2v) is 3.69. The van der Waals surface area contributed by atoms with Crippen LogP contribution in [0.4, 0.5) is 11.4 Å². The van der Waals surface area contributed by atoms with Crippen molar-refractivity contribution in [3.8, 4) is 0 Å². The van der Waals surface area contributed by atoms with E-state index in [0.29, 0.717) is 0 Å². The van der Waals surface area contributed by atoms with Gasteiger partial charge in [0.25, 0.3) is 5.69 Å². The molecular formula is C11H16N2O3. The van der Waals surface area contributed by atoms with Crippen molar-refractivity contribution in [1.82, 2.24) is 0 Å². The number of benzene rings is 1. The number of nitrogens with zero attached hydrogens (tertiary/aromatic N) is 1. The molecule has 0 saturated carbocycles. The molecule has 0 aliphatic rings. The van der Waals surface area contributed by atoms with Gasteiger partial charge in [-0.15, -0.1) is 0 Å². The Morgan fingerprint density at radius 2 is 2.25 bits per heavy atom. The number of nitro benzene ring substituents is 1. The smallest absolute Gasteiger partial charge is 0.269 e. The second-order valence-electron chi connectivity index (χ2n) is 3.69. The largest absolute Gasteiger partial charge is 0.394 e. The number of hydrogen-bond acceptors (Lipinski definition) is 4. The topological polar surface area (TPSA) is 75.4 Å². The highest BCUT2D eigenvalue weighted by Crippen LogP contribution is 2.22. The number of hydrogen-bond donors (Lipinski definition) is 2. The maximum atomic E-state index is 10.5. The lowest BCUT2D eigenvalue weighted by molar-refractivity contribution is -0.384. The summed E-state index contributed by atoms with van der Waals surface area (Å²) in [6, 6.07) is 4.64. The minimum Gasteiger partial charge on any atom is -0.394 e. The van der Waals surface area contributed by atoms with E-state index in [9.17, 15) is 10.1 Å². The zero-order valence-corrected chi connectivity index (χ0v) is 9.43. The maximum Gasteiger partial charge on any atom is 0.269 e. The maximum absolute atomic E-state index is 10.5. The van der Waals surface area contributed by atoms with Crippen LogP contribution in [0.2, 0.25) is 0 Å². The second kappa shape index (κ2) is 5.46. The number of aliphatic hydroxyl groups is 1. The quantitative estimate of drug-likeness (QED) is 0.593. The van der Waals surface area contributed by atoms with Crippen molar-refractivity contribution in [1.29, 1.82) is 0 Å².